The Balaban J connectivity index is 1.43. The summed E-state index contributed by atoms with van der Waals surface area (Å²) in [4.78, 5) is 40.1. The lowest BCUT2D eigenvalue weighted by molar-refractivity contribution is -0.118. The van der Waals surface area contributed by atoms with Gasteiger partial charge in [-0.05, 0) is 55.9 Å². The first kappa shape index (κ1) is 22.5. The van der Waals surface area contributed by atoms with Crippen LogP contribution in [0.4, 0.5) is 10.5 Å². The van der Waals surface area contributed by atoms with Crippen LogP contribution in [0.15, 0.2) is 47.3 Å². The van der Waals surface area contributed by atoms with Crippen molar-refractivity contribution < 1.29 is 9.59 Å². The van der Waals surface area contributed by atoms with E-state index in [0.29, 0.717) is 26.1 Å². The lowest BCUT2D eigenvalue weighted by Crippen LogP contribution is -2.55. The zero-order valence-electron chi connectivity index (χ0n) is 18.5. The first-order chi connectivity index (χ1) is 15.4. The van der Waals surface area contributed by atoms with Gasteiger partial charge in [-0.15, -0.1) is 0 Å². The van der Waals surface area contributed by atoms with Crippen molar-refractivity contribution in [1.82, 2.24) is 14.8 Å². The molecule has 8 heteroatoms. The minimum absolute atomic E-state index is 0.0278. The second kappa shape index (κ2) is 9.81. The van der Waals surface area contributed by atoms with Crippen molar-refractivity contribution in [1.29, 1.82) is 0 Å². The van der Waals surface area contributed by atoms with Gasteiger partial charge in [0.15, 0.2) is 0 Å². The number of nitrogens with zero attached hydrogens (tertiary/aromatic N) is 2. The van der Waals surface area contributed by atoms with Crippen molar-refractivity contribution in [2.75, 3.05) is 30.4 Å². The number of amides is 3. The Labute approximate surface area is 192 Å². The highest BCUT2D eigenvalue weighted by molar-refractivity contribution is 7.98. The number of carbonyl (C=O) groups excluding carboxylic acids is 2. The van der Waals surface area contributed by atoms with Gasteiger partial charge >= 0.3 is 6.03 Å². The fraction of sp³-hybridized carbons (Fsp3) is 0.458. The third kappa shape index (κ3) is 5.01. The van der Waals surface area contributed by atoms with Crippen molar-refractivity contribution in [3.63, 3.8) is 0 Å². The summed E-state index contributed by atoms with van der Waals surface area (Å²) >= 11 is 1.65. The summed E-state index contributed by atoms with van der Waals surface area (Å²) in [6, 6.07) is 12.2. The van der Waals surface area contributed by atoms with E-state index in [2.05, 4.69) is 10.6 Å². The minimum atomic E-state index is -0.604. The Kier molecular flexibility index (Phi) is 6.89. The number of piperidine rings is 1. The fourth-order valence-electron chi connectivity index (χ4n) is 4.67. The zero-order valence-corrected chi connectivity index (χ0v) is 19.4. The van der Waals surface area contributed by atoms with Crippen LogP contribution in [-0.4, -0.2) is 52.5 Å². The van der Waals surface area contributed by atoms with Gasteiger partial charge in [0.05, 0.1) is 0 Å². The number of thioether (sulfide) groups is 1. The average Bonchev–Trinajstić information content (AvgIpc) is 2.78. The standard InChI is InChI=1S/C24H30N4O3S/c1-16-6-8-19(9-7-16)25-23(30)20(10-11-32-2)26-24(31)27-13-17-12-18(15-27)21-4-3-5-22(29)28(21)14-17/h3-9,17-18,20H,10-15H2,1-2H3,(H,25,30)(H,26,31)/t17-,18?,20+/m1/s1. The predicted octanol–water partition coefficient (Wildman–Crippen LogP) is 3.05. The Morgan fingerprint density at radius 2 is 1.91 bits per heavy atom. The zero-order chi connectivity index (χ0) is 22.7. The van der Waals surface area contributed by atoms with Gasteiger partial charge in [-0.25, -0.2) is 4.79 Å². The van der Waals surface area contributed by atoms with Gasteiger partial charge in [0.2, 0.25) is 5.91 Å². The maximum absolute atomic E-state index is 13.1. The van der Waals surface area contributed by atoms with E-state index in [1.54, 1.807) is 23.9 Å². The van der Waals surface area contributed by atoms with Crippen LogP contribution < -0.4 is 16.2 Å². The molecule has 2 aromatic rings. The molecule has 3 heterocycles. The summed E-state index contributed by atoms with van der Waals surface area (Å²) in [5, 5.41) is 5.90. The number of hydrogen-bond acceptors (Lipinski definition) is 4. The van der Waals surface area contributed by atoms with E-state index in [0.717, 1.165) is 29.1 Å². The van der Waals surface area contributed by atoms with E-state index in [9.17, 15) is 14.4 Å². The number of aromatic nitrogens is 1. The second-order valence-corrected chi connectivity index (χ2v) is 9.73. The molecular formula is C24H30N4O3S. The molecule has 0 aliphatic carbocycles. The molecule has 3 atom stereocenters. The van der Waals surface area contributed by atoms with Gasteiger partial charge in [-0.2, -0.15) is 11.8 Å². The number of urea groups is 1. The normalized spacial score (nSPS) is 20.2. The van der Waals surface area contributed by atoms with Crippen LogP contribution in [0.5, 0.6) is 0 Å². The molecule has 2 N–H and O–H groups in total. The molecule has 0 saturated carbocycles. The van der Waals surface area contributed by atoms with E-state index in [1.807, 2.05) is 53.0 Å². The number of aryl methyl sites for hydroxylation is 1. The first-order valence-electron chi connectivity index (χ1n) is 11.1. The van der Waals surface area contributed by atoms with Crippen LogP contribution in [0, 0.1) is 12.8 Å². The quantitative estimate of drug-likeness (QED) is 0.703. The Morgan fingerprint density at radius 1 is 1.12 bits per heavy atom. The molecule has 0 spiro atoms. The third-order valence-electron chi connectivity index (χ3n) is 6.31. The average molecular weight is 455 g/mol. The van der Waals surface area contributed by atoms with Crippen LogP contribution in [0.2, 0.25) is 0 Å². The molecule has 2 aliphatic rings. The number of rotatable bonds is 6. The smallest absolute Gasteiger partial charge is 0.318 e. The molecular weight excluding hydrogens is 424 g/mol. The fourth-order valence-corrected chi connectivity index (χ4v) is 5.14. The van der Waals surface area contributed by atoms with Gasteiger partial charge in [-0.1, -0.05) is 23.8 Å². The molecule has 32 heavy (non-hydrogen) atoms. The molecule has 1 aromatic carbocycles. The summed E-state index contributed by atoms with van der Waals surface area (Å²) < 4.78 is 1.85. The molecule has 1 aromatic heterocycles. The van der Waals surface area contributed by atoms with E-state index in [1.165, 1.54) is 0 Å². The SMILES string of the molecule is CSCC[C@H](NC(=O)N1CC2C[C@H](C1)Cn1c2cccc1=O)C(=O)Nc1ccc(C)cc1. The van der Waals surface area contributed by atoms with Crippen LogP contribution in [0.3, 0.4) is 0 Å². The topological polar surface area (TPSA) is 83.4 Å². The van der Waals surface area contributed by atoms with Crippen LogP contribution in [0.1, 0.15) is 30.0 Å². The number of fused-ring (bicyclic) bond motifs is 4. The molecule has 0 radical (unpaired) electrons. The number of pyridine rings is 1. The van der Waals surface area contributed by atoms with E-state index in [-0.39, 0.29) is 29.3 Å². The number of benzene rings is 1. The maximum atomic E-state index is 13.1. The molecule has 7 nitrogen and oxygen atoms in total. The Hall–Kier alpha value is -2.74. The molecule has 4 rings (SSSR count). The number of hydrogen-bond donors (Lipinski definition) is 2. The van der Waals surface area contributed by atoms with Crippen molar-refractivity contribution >= 4 is 29.4 Å². The maximum Gasteiger partial charge on any atom is 0.318 e. The predicted molar refractivity (Wildman–Crippen MR) is 128 cm³/mol. The Bertz CT molecular complexity index is 1040. The summed E-state index contributed by atoms with van der Waals surface area (Å²) in [7, 11) is 0. The molecule has 2 aliphatic heterocycles. The molecule has 2 bridgehead atoms. The van der Waals surface area contributed by atoms with Gasteiger partial charge in [-0.3, -0.25) is 9.59 Å². The minimum Gasteiger partial charge on any atom is -0.326 e. The highest BCUT2D eigenvalue weighted by atomic mass is 32.2. The number of anilines is 1. The number of likely N-dealkylation sites (tertiary alicyclic amines) is 1. The van der Waals surface area contributed by atoms with Gasteiger partial charge < -0.3 is 20.1 Å². The summed E-state index contributed by atoms with van der Waals surface area (Å²) in [5.74, 6) is 0.963. The van der Waals surface area contributed by atoms with Crippen LogP contribution in [0.25, 0.3) is 0 Å². The van der Waals surface area contributed by atoms with Crippen LogP contribution >= 0.6 is 11.8 Å². The van der Waals surface area contributed by atoms with Crippen molar-refractivity contribution in [2.24, 2.45) is 5.92 Å². The summed E-state index contributed by atoms with van der Waals surface area (Å²) in [6.07, 6.45) is 3.53. The van der Waals surface area contributed by atoms with Gasteiger partial charge in [0, 0.05) is 43.0 Å². The second-order valence-electron chi connectivity index (χ2n) is 8.74. The molecule has 3 amide bonds. The molecule has 1 unspecified atom stereocenters. The number of carbonyl (C=O) groups is 2. The number of nitrogens with one attached hydrogen (secondary N) is 2. The Morgan fingerprint density at radius 3 is 2.66 bits per heavy atom. The lowest BCUT2D eigenvalue weighted by Gasteiger charge is -2.43. The summed E-state index contributed by atoms with van der Waals surface area (Å²) in [5.41, 5.74) is 2.87. The van der Waals surface area contributed by atoms with Crippen molar-refractivity contribution in [2.45, 2.75) is 38.3 Å². The first-order valence-corrected chi connectivity index (χ1v) is 12.5. The van der Waals surface area contributed by atoms with Gasteiger partial charge in [0.25, 0.3) is 5.56 Å². The van der Waals surface area contributed by atoms with Crippen LogP contribution in [-0.2, 0) is 11.3 Å². The van der Waals surface area contributed by atoms with Crippen molar-refractivity contribution in [3.8, 4) is 0 Å². The van der Waals surface area contributed by atoms with E-state index < -0.39 is 6.04 Å². The van der Waals surface area contributed by atoms with Gasteiger partial charge in [0.1, 0.15) is 6.04 Å². The van der Waals surface area contributed by atoms with Crippen molar-refractivity contribution in [3.05, 3.63) is 64.1 Å². The highest BCUT2D eigenvalue weighted by Gasteiger charge is 2.37. The monoisotopic (exact) mass is 454 g/mol. The lowest BCUT2D eigenvalue weighted by atomic mass is 9.83. The summed E-state index contributed by atoms with van der Waals surface area (Å²) in [6.45, 7) is 3.79. The third-order valence-corrected chi connectivity index (χ3v) is 6.95. The molecule has 1 saturated heterocycles. The highest BCUT2D eigenvalue weighted by Crippen LogP contribution is 2.34. The molecule has 1 fully saturated rings. The van der Waals surface area contributed by atoms with E-state index >= 15 is 0 Å². The molecule has 170 valence electrons. The van der Waals surface area contributed by atoms with E-state index in [4.69, 9.17) is 0 Å². The largest absolute Gasteiger partial charge is 0.326 e.